The molecule has 1 atom stereocenters. The summed E-state index contributed by atoms with van der Waals surface area (Å²) in [7, 11) is 1.69. The van der Waals surface area contributed by atoms with E-state index in [9.17, 15) is 14.4 Å². The Bertz CT molecular complexity index is 939. The van der Waals surface area contributed by atoms with Crippen molar-refractivity contribution in [2.45, 2.75) is 39.8 Å². The molecule has 132 valence electrons. The molecule has 0 spiro atoms. The molecule has 1 aliphatic rings. The standard InChI is InChI=1S/C19H23N3O3/c1-18(2,3)19(4)16(24)22(17(25)20-19)11-13-10-12-8-6-7-9-14(12)21(5)15(13)23/h6-10H,11H2,1-5H3,(H,20,25)/t19-/m0/s1. The van der Waals surface area contributed by atoms with Crippen LogP contribution in [0.1, 0.15) is 33.3 Å². The van der Waals surface area contributed by atoms with Gasteiger partial charge in [0.2, 0.25) is 0 Å². The van der Waals surface area contributed by atoms with Gasteiger partial charge < -0.3 is 9.88 Å². The van der Waals surface area contributed by atoms with Gasteiger partial charge in [-0.05, 0) is 29.9 Å². The lowest BCUT2D eigenvalue weighted by molar-refractivity contribution is -0.134. The van der Waals surface area contributed by atoms with E-state index in [1.54, 1.807) is 24.6 Å². The maximum atomic E-state index is 12.9. The molecule has 1 fully saturated rings. The molecule has 25 heavy (non-hydrogen) atoms. The van der Waals surface area contributed by atoms with Crippen LogP contribution in [-0.2, 0) is 18.4 Å². The van der Waals surface area contributed by atoms with Gasteiger partial charge in [-0.2, -0.15) is 0 Å². The number of hydrogen-bond acceptors (Lipinski definition) is 3. The molecular weight excluding hydrogens is 318 g/mol. The highest BCUT2D eigenvalue weighted by molar-refractivity contribution is 6.07. The quantitative estimate of drug-likeness (QED) is 0.853. The maximum Gasteiger partial charge on any atom is 0.325 e. The van der Waals surface area contributed by atoms with Crippen LogP contribution >= 0.6 is 0 Å². The summed E-state index contributed by atoms with van der Waals surface area (Å²) in [5.41, 5.74) is -0.408. The molecule has 0 aliphatic carbocycles. The van der Waals surface area contributed by atoms with E-state index < -0.39 is 17.0 Å². The molecule has 3 amide bonds. The van der Waals surface area contributed by atoms with Crippen molar-refractivity contribution < 1.29 is 9.59 Å². The number of hydrogen-bond donors (Lipinski definition) is 1. The number of amides is 3. The average molecular weight is 341 g/mol. The van der Waals surface area contributed by atoms with Gasteiger partial charge in [0.05, 0.1) is 12.1 Å². The Hall–Kier alpha value is -2.63. The van der Waals surface area contributed by atoms with E-state index in [-0.39, 0.29) is 18.0 Å². The Balaban J connectivity index is 2.02. The van der Waals surface area contributed by atoms with E-state index in [1.807, 2.05) is 45.0 Å². The first-order valence-corrected chi connectivity index (χ1v) is 8.28. The summed E-state index contributed by atoms with van der Waals surface area (Å²) in [5, 5.41) is 3.68. The number of carbonyl (C=O) groups excluding carboxylic acids is 2. The summed E-state index contributed by atoms with van der Waals surface area (Å²) in [4.78, 5) is 39.0. The second-order valence-corrected chi connectivity index (χ2v) is 7.79. The van der Waals surface area contributed by atoms with Gasteiger partial charge in [0.1, 0.15) is 5.54 Å². The van der Waals surface area contributed by atoms with Crippen LogP contribution in [0.3, 0.4) is 0 Å². The summed E-state index contributed by atoms with van der Waals surface area (Å²) < 4.78 is 1.55. The van der Waals surface area contributed by atoms with Crippen molar-refractivity contribution in [3.8, 4) is 0 Å². The lowest BCUT2D eigenvalue weighted by Gasteiger charge is -2.35. The number of nitrogens with one attached hydrogen (secondary N) is 1. The SMILES string of the molecule is Cn1c(=O)c(CN2C(=O)N[C@](C)(C(C)(C)C)C2=O)cc2ccccc21. The fourth-order valence-corrected chi connectivity index (χ4v) is 3.12. The number of pyridine rings is 1. The highest BCUT2D eigenvalue weighted by Gasteiger charge is 2.54. The van der Waals surface area contributed by atoms with E-state index in [2.05, 4.69) is 5.32 Å². The van der Waals surface area contributed by atoms with Gasteiger partial charge in [0.15, 0.2) is 0 Å². The summed E-state index contributed by atoms with van der Waals surface area (Å²) in [6.07, 6.45) is 0. The third-order valence-corrected chi connectivity index (χ3v) is 5.31. The molecule has 1 aromatic carbocycles. The van der Waals surface area contributed by atoms with Crippen LogP contribution in [0.25, 0.3) is 10.9 Å². The monoisotopic (exact) mass is 341 g/mol. The maximum absolute atomic E-state index is 12.9. The molecule has 2 aromatic rings. The molecule has 0 unspecified atom stereocenters. The number of urea groups is 1. The van der Waals surface area contributed by atoms with Crippen LogP contribution < -0.4 is 10.9 Å². The number of nitrogens with zero attached hydrogens (tertiary/aromatic N) is 2. The molecule has 0 radical (unpaired) electrons. The first-order valence-electron chi connectivity index (χ1n) is 8.28. The summed E-state index contributed by atoms with van der Waals surface area (Å²) in [6.45, 7) is 7.41. The van der Waals surface area contributed by atoms with Crippen molar-refractivity contribution in [2.75, 3.05) is 0 Å². The minimum Gasteiger partial charge on any atom is -0.323 e. The van der Waals surface area contributed by atoms with Gasteiger partial charge in [-0.15, -0.1) is 0 Å². The van der Waals surface area contributed by atoms with E-state index in [1.165, 1.54) is 0 Å². The van der Waals surface area contributed by atoms with Gasteiger partial charge >= 0.3 is 6.03 Å². The highest BCUT2D eigenvalue weighted by atomic mass is 16.2. The molecular formula is C19H23N3O3. The first-order chi connectivity index (χ1) is 11.6. The van der Waals surface area contributed by atoms with Crippen molar-refractivity contribution in [3.05, 3.63) is 46.2 Å². The second kappa shape index (κ2) is 5.44. The number of benzene rings is 1. The number of imide groups is 1. The number of carbonyl (C=O) groups is 2. The van der Waals surface area contributed by atoms with Crippen LogP contribution in [0.5, 0.6) is 0 Å². The smallest absolute Gasteiger partial charge is 0.323 e. The molecule has 2 heterocycles. The zero-order valence-electron chi connectivity index (χ0n) is 15.2. The van der Waals surface area contributed by atoms with E-state index >= 15 is 0 Å². The van der Waals surface area contributed by atoms with Gasteiger partial charge in [0.25, 0.3) is 11.5 Å². The molecule has 0 saturated carbocycles. The number of rotatable bonds is 2. The molecule has 0 bridgehead atoms. The average Bonchev–Trinajstić information content (AvgIpc) is 2.76. The number of fused-ring (bicyclic) bond motifs is 1. The predicted molar refractivity (Wildman–Crippen MR) is 96.1 cm³/mol. The van der Waals surface area contributed by atoms with E-state index in [4.69, 9.17) is 0 Å². The normalized spacial score (nSPS) is 21.1. The van der Waals surface area contributed by atoms with E-state index in [0.29, 0.717) is 5.56 Å². The van der Waals surface area contributed by atoms with Crippen LogP contribution in [0, 0.1) is 5.41 Å². The topological polar surface area (TPSA) is 71.4 Å². The predicted octanol–water partition coefficient (Wildman–Crippen LogP) is 2.40. The van der Waals surface area contributed by atoms with Crippen molar-refractivity contribution in [1.82, 2.24) is 14.8 Å². The summed E-state index contributed by atoms with van der Waals surface area (Å²) >= 11 is 0. The zero-order chi connectivity index (χ0) is 18.6. The van der Waals surface area contributed by atoms with Crippen molar-refractivity contribution in [2.24, 2.45) is 12.5 Å². The Labute approximate surface area is 146 Å². The third-order valence-electron chi connectivity index (χ3n) is 5.31. The number of aromatic nitrogens is 1. The molecule has 6 nitrogen and oxygen atoms in total. The minimum atomic E-state index is -0.994. The van der Waals surface area contributed by atoms with Crippen LogP contribution in [0.15, 0.2) is 35.1 Å². The third kappa shape index (κ3) is 2.52. The Morgan fingerprint density at radius 2 is 1.76 bits per heavy atom. The molecule has 1 N–H and O–H groups in total. The summed E-state index contributed by atoms with van der Waals surface area (Å²) in [5.74, 6) is -0.305. The molecule has 1 saturated heterocycles. The van der Waals surface area contributed by atoms with Crippen molar-refractivity contribution >= 4 is 22.8 Å². The van der Waals surface area contributed by atoms with Crippen LogP contribution in [-0.4, -0.2) is 26.9 Å². The molecule has 1 aromatic heterocycles. The van der Waals surface area contributed by atoms with Crippen LogP contribution in [0.4, 0.5) is 4.79 Å². The minimum absolute atomic E-state index is 0.0339. The first kappa shape index (κ1) is 17.2. The summed E-state index contributed by atoms with van der Waals surface area (Å²) in [6, 6.07) is 8.83. The fraction of sp³-hybridized carbons (Fsp3) is 0.421. The van der Waals surface area contributed by atoms with Gasteiger partial charge in [0, 0.05) is 12.6 Å². The van der Waals surface area contributed by atoms with Gasteiger partial charge in [-0.3, -0.25) is 14.5 Å². The fourth-order valence-electron chi connectivity index (χ4n) is 3.12. The number of aryl methyl sites for hydroxylation is 1. The van der Waals surface area contributed by atoms with Crippen molar-refractivity contribution in [3.63, 3.8) is 0 Å². The Morgan fingerprint density at radius 3 is 2.36 bits per heavy atom. The van der Waals surface area contributed by atoms with Crippen LogP contribution in [0.2, 0.25) is 0 Å². The lowest BCUT2D eigenvalue weighted by atomic mass is 9.75. The van der Waals surface area contributed by atoms with Gasteiger partial charge in [-0.1, -0.05) is 39.0 Å². The Morgan fingerprint density at radius 1 is 1.12 bits per heavy atom. The number of para-hydroxylation sites is 1. The highest BCUT2D eigenvalue weighted by Crippen LogP contribution is 2.35. The molecule has 1 aliphatic heterocycles. The Kier molecular flexibility index (Phi) is 3.74. The van der Waals surface area contributed by atoms with Gasteiger partial charge in [-0.25, -0.2) is 4.79 Å². The molecule has 3 rings (SSSR count). The lowest BCUT2D eigenvalue weighted by Crippen LogP contribution is -2.54. The largest absolute Gasteiger partial charge is 0.325 e. The van der Waals surface area contributed by atoms with E-state index in [0.717, 1.165) is 15.8 Å². The zero-order valence-corrected chi connectivity index (χ0v) is 15.2. The van der Waals surface area contributed by atoms with Crippen molar-refractivity contribution in [1.29, 1.82) is 0 Å². The second-order valence-electron chi connectivity index (χ2n) is 7.79. The molecule has 6 heteroatoms.